The Labute approximate surface area is 171 Å². The van der Waals surface area contributed by atoms with Crippen LogP contribution in [0.1, 0.15) is 29.3 Å². The highest BCUT2D eigenvalue weighted by atomic mass is 127. The van der Waals surface area contributed by atoms with E-state index in [0.717, 1.165) is 26.1 Å². The molecule has 1 unspecified atom stereocenters. The van der Waals surface area contributed by atoms with Gasteiger partial charge >= 0.3 is 0 Å². The number of nitrogens with two attached hydrogens (primary N) is 1. The molecule has 2 aromatic rings. The van der Waals surface area contributed by atoms with Gasteiger partial charge in [0, 0.05) is 11.4 Å². The lowest BCUT2D eigenvalue weighted by atomic mass is 10.1. The van der Waals surface area contributed by atoms with Crippen LogP contribution in [0.25, 0.3) is 0 Å². The third kappa shape index (κ3) is 6.27. The van der Waals surface area contributed by atoms with E-state index >= 15 is 0 Å². The molecule has 2 heterocycles. The molecule has 0 aliphatic carbocycles. The SMILES string of the molecule is I.NC(=NCC(c1ccccc1)N1CCCC1)NCCc1cccs1. The van der Waals surface area contributed by atoms with Crippen LogP contribution < -0.4 is 11.1 Å². The number of nitrogens with one attached hydrogen (secondary N) is 1. The fourth-order valence-corrected chi connectivity index (χ4v) is 3.88. The first-order chi connectivity index (χ1) is 11.8. The number of likely N-dealkylation sites (tertiary alicyclic amines) is 1. The van der Waals surface area contributed by atoms with Gasteiger partial charge < -0.3 is 11.1 Å². The molecular formula is C19H27IN4S. The molecule has 0 spiro atoms. The standard InChI is InChI=1S/C19H26N4S.HI/c20-19(21-11-10-17-9-6-14-24-17)22-15-18(23-12-4-5-13-23)16-7-2-1-3-8-16;/h1-3,6-9,14,18H,4-5,10-13,15H2,(H3,20,21,22);1H. The molecular weight excluding hydrogens is 443 g/mol. The van der Waals surface area contributed by atoms with Gasteiger partial charge in [-0.3, -0.25) is 9.89 Å². The van der Waals surface area contributed by atoms with Crippen LogP contribution in [0.5, 0.6) is 0 Å². The Morgan fingerprint density at radius 1 is 1.16 bits per heavy atom. The average molecular weight is 470 g/mol. The van der Waals surface area contributed by atoms with Crippen LogP contribution in [-0.2, 0) is 6.42 Å². The maximum absolute atomic E-state index is 6.06. The molecule has 0 radical (unpaired) electrons. The quantitative estimate of drug-likeness (QED) is 0.369. The van der Waals surface area contributed by atoms with Crippen molar-refractivity contribution < 1.29 is 0 Å². The maximum Gasteiger partial charge on any atom is 0.188 e. The molecule has 1 aromatic heterocycles. The number of halogens is 1. The molecule has 1 aromatic carbocycles. The molecule has 1 aliphatic rings. The number of hydrogen-bond donors (Lipinski definition) is 2. The largest absolute Gasteiger partial charge is 0.370 e. The summed E-state index contributed by atoms with van der Waals surface area (Å²) in [5.74, 6) is 0.548. The lowest BCUT2D eigenvalue weighted by Gasteiger charge is -2.26. The summed E-state index contributed by atoms with van der Waals surface area (Å²) in [5.41, 5.74) is 7.39. The van der Waals surface area contributed by atoms with Crippen LogP contribution in [0.4, 0.5) is 0 Å². The minimum atomic E-state index is 0. The van der Waals surface area contributed by atoms with Crippen molar-refractivity contribution >= 4 is 41.3 Å². The molecule has 1 aliphatic heterocycles. The number of rotatable bonds is 7. The molecule has 0 saturated carbocycles. The van der Waals surface area contributed by atoms with E-state index in [1.807, 2.05) is 0 Å². The second-order valence-electron chi connectivity index (χ2n) is 6.15. The highest BCUT2D eigenvalue weighted by molar-refractivity contribution is 14.0. The first-order valence-electron chi connectivity index (χ1n) is 8.68. The van der Waals surface area contributed by atoms with E-state index in [4.69, 9.17) is 5.73 Å². The summed E-state index contributed by atoms with van der Waals surface area (Å²) in [4.78, 5) is 8.50. The van der Waals surface area contributed by atoms with Crippen LogP contribution in [0.3, 0.4) is 0 Å². The minimum Gasteiger partial charge on any atom is -0.370 e. The van der Waals surface area contributed by atoms with E-state index in [0.29, 0.717) is 18.5 Å². The Hall–Kier alpha value is -1.12. The second kappa shape index (κ2) is 10.8. The summed E-state index contributed by atoms with van der Waals surface area (Å²) in [5, 5.41) is 5.34. The number of thiophene rings is 1. The normalized spacial score (nSPS) is 16.4. The van der Waals surface area contributed by atoms with Gasteiger partial charge in [0.05, 0.1) is 12.6 Å². The number of benzene rings is 1. The number of hydrogen-bond acceptors (Lipinski definition) is 3. The minimum absolute atomic E-state index is 0. The smallest absolute Gasteiger partial charge is 0.188 e. The Balaban J connectivity index is 0.00000225. The van der Waals surface area contributed by atoms with Crippen molar-refractivity contribution in [1.82, 2.24) is 10.2 Å². The van der Waals surface area contributed by atoms with Crippen LogP contribution in [0.2, 0.25) is 0 Å². The molecule has 25 heavy (non-hydrogen) atoms. The molecule has 3 rings (SSSR count). The second-order valence-corrected chi connectivity index (χ2v) is 7.18. The van der Waals surface area contributed by atoms with Crippen molar-refractivity contribution in [1.29, 1.82) is 0 Å². The Morgan fingerprint density at radius 2 is 1.92 bits per heavy atom. The van der Waals surface area contributed by atoms with Gasteiger partial charge in [-0.05, 0) is 49.4 Å². The lowest BCUT2D eigenvalue weighted by molar-refractivity contribution is 0.251. The van der Waals surface area contributed by atoms with E-state index < -0.39 is 0 Å². The summed E-state index contributed by atoms with van der Waals surface area (Å²) < 4.78 is 0. The zero-order valence-corrected chi connectivity index (χ0v) is 17.6. The molecule has 3 N–H and O–H groups in total. The molecule has 1 fully saturated rings. The summed E-state index contributed by atoms with van der Waals surface area (Å²) in [7, 11) is 0. The van der Waals surface area contributed by atoms with Gasteiger partial charge in [-0.15, -0.1) is 35.3 Å². The van der Waals surface area contributed by atoms with Crippen LogP contribution in [0, 0.1) is 0 Å². The zero-order valence-electron chi connectivity index (χ0n) is 14.4. The number of aliphatic imine (C=N–C) groups is 1. The maximum atomic E-state index is 6.06. The van der Waals surface area contributed by atoms with E-state index in [9.17, 15) is 0 Å². The van der Waals surface area contributed by atoms with Gasteiger partial charge in [-0.2, -0.15) is 0 Å². The summed E-state index contributed by atoms with van der Waals surface area (Å²) in [6.45, 7) is 3.85. The first kappa shape index (κ1) is 20.2. The van der Waals surface area contributed by atoms with Crippen molar-refractivity contribution in [3.05, 3.63) is 58.3 Å². The van der Waals surface area contributed by atoms with Crippen molar-refractivity contribution in [2.24, 2.45) is 10.7 Å². The van der Waals surface area contributed by atoms with E-state index in [-0.39, 0.29) is 24.0 Å². The summed E-state index contributed by atoms with van der Waals surface area (Å²) >= 11 is 1.78. The fraction of sp³-hybridized carbons (Fsp3) is 0.421. The lowest BCUT2D eigenvalue weighted by Crippen LogP contribution is -2.35. The Kier molecular flexibility index (Phi) is 8.71. The molecule has 4 nitrogen and oxygen atoms in total. The van der Waals surface area contributed by atoms with Crippen molar-refractivity contribution in [2.45, 2.75) is 25.3 Å². The summed E-state index contributed by atoms with van der Waals surface area (Å²) in [6, 6.07) is 15.2. The average Bonchev–Trinajstić information content (AvgIpc) is 3.30. The molecule has 0 amide bonds. The number of guanidine groups is 1. The van der Waals surface area contributed by atoms with Crippen molar-refractivity contribution in [2.75, 3.05) is 26.2 Å². The van der Waals surface area contributed by atoms with Gasteiger partial charge in [0.2, 0.25) is 0 Å². The van der Waals surface area contributed by atoms with Gasteiger partial charge in [-0.25, -0.2) is 0 Å². The highest BCUT2D eigenvalue weighted by Gasteiger charge is 2.23. The third-order valence-electron chi connectivity index (χ3n) is 4.46. The first-order valence-corrected chi connectivity index (χ1v) is 9.56. The highest BCUT2D eigenvalue weighted by Crippen LogP contribution is 2.25. The molecule has 136 valence electrons. The van der Waals surface area contributed by atoms with Crippen LogP contribution in [-0.4, -0.2) is 37.0 Å². The van der Waals surface area contributed by atoms with Gasteiger partial charge in [-0.1, -0.05) is 36.4 Å². The molecule has 1 atom stereocenters. The van der Waals surface area contributed by atoms with Gasteiger partial charge in [0.1, 0.15) is 0 Å². The topological polar surface area (TPSA) is 53.6 Å². The Morgan fingerprint density at radius 3 is 2.60 bits per heavy atom. The molecule has 6 heteroatoms. The van der Waals surface area contributed by atoms with E-state index in [1.165, 1.54) is 23.3 Å². The third-order valence-corrected chi connectivity index (χ3v) is 5.39. The van der Waals surface area contributed by atoms with Crippen LogP contribution in [0.15, 0.2) is 52.8 Å². The predicted octanol–water partition coefficient (Wildman–Crippen LogP) is 3.65. The van der Waals surface area contributed by atoms with E-state index in [1.54, 1.807) is 11.3 Å². The predicted molar refractivity (Wildman–Crippen MR) is 118 cm³/mol. The van der Waals surface area contributed by atoms with Crippen molar-refractivity contribution in [3.63, 3.8) is 0 Å². The molecule has 0 bridgehead atoms. The van der Waals surface area contributed by atoms with E-state index in [2.05, 4.69) is 63.1 Å². The monoisotopic (exact) mass is 470 g/mol. The number of nitrogens with zero attached hydrogens (tertiary/aromatic N) is 2. The van der Waals surface area contributed by atoms with Gasteiger partial charge in [0.15, 0.2) is 5.96 Å². The fourth-order valence-electron chi connectivity index (χ4n) is 3.17. The zero-order chi connectivity index (χ0) is 16.6. The Bertz CT molecular complexity index is 624. The molecule has 1 saturated heterocycles. The van der Waals surface area contributed by atoms with Crippen LogP contribution >= 0.6 is 35.3 Å². The van der Waals surface area contributed by atoms with Gasteiger partial charge in [0.25, 0.3) is 0 Å². The summed E-state index contributed by atoms with van der Waals surface area (Å²) in [6.07, 6.45) is 3.55. The van der Waals surface area contributed by atoms with Crippen molar-refractivity contribution in [3.8, 4) is 0 Å².